The maximum atomic E-state index is 13.3. The first-order valence-corrected chi connectivity index (χ1v) is 13.8. The van der Waals surface area contributed by atoms with Crippen LogP contribution in [0.1, 0.15) is 81.8 Å². The van der Waals surface area contributed by atoms with Crippen LogP contribution in [0.25, 0.3) is 0 Å². The number of allylic oxidation sites excluding steroid dienone is 5. The van der Waals surface area contributed by atoms with Gasteiger partial charge in [0.25, 0.3) is 0 Å². The van der Waals surface area contributed by atoms with Crippen LogP contribution in [-0.4, -0.2) is 11.5 Å². The summed E-state index contributed by atoms with van der Waals surface area (Å²) in [5, 5.41) is 8.93. The van der Waals surface area contributed by atoms with Gasteiger partial charge >= 0.3 is 0 Å². The van der Waals surface area contributed by atoms with Gasteiger partial charge in [-0.1, -0.05) is 43.4 Å². The molecule has 0 spiro atoms. The van der Waals surface area contributed by atoms with Crippen molar-refractivity contribution in [3.63, 3.8) is 0 Å². The smallest absolute Gasteiger partial charge is 0.139 e. The predicted octanol–water partition coefficient (Wildman–Crippen LogP) is 7.79. The Kier molecular flexibility index (Phi) is 9.21. The zero-order chi connectivity index (χ0) is 24.6. The van der Waals surface area contributed by atoms with E-state index in [1.165, 1.54) is 36.8 Å². The minimum Gasteiger partial charge on any atom is -0.299 e. The van der Waals surface area contributed by atoms with Gasteiger partial charge in [0.1, 0.15) is 5.78 Å². The molecule has 4 rings (SSSR count). The molecule has 2 saturated carbocycles. The molecule has 0 aliphatic heterocycles. The van der Waals surface area contributed by atoms with Gasteiger partial charge in [0, 0.05) is 11.8 Å². The maximum Gasteiger partial charge on any atom is 0.139 e. The molecule has 0 heterocycles. The molecule has 3 nitrogen and oxygen atoms in total. The molecular formula is C31H38N2OS. The molecule has 0 aromatic heterocycles. The maximum absolute atomic E-state index is 13.3. The van der Waals surface area contributed by atoms with Crippen molar-refractivity contribution in [2.45, 2.75) is 77.0 Å². The number of nitriles is 1. The van der Waals surface area contributed by atoms with Gasteiger partial charge in [-0.25, -0.2) is 4.40 Å². The van der Waals surface area contributed by atoms with Gasteiger partial charge in [-0.05, 0) is 124 Å². The van der Waals surface area contributed by atoms with Crippen LogP contribution in [-0.2, 0) is 11.2 Å². The number of hydrogen-bond acceptors (Lipinski definition) is 4. The lowest BCUT2D eigenvalue weighted by molar-refractivity contribution is -0.129. The Morgan fingerprint density at radius 3 is 2.31 bits per heavy atom. The normalized spacial score (nSPS) is 28.3. The van der Waals surface area contributed by atoms with E-state index in [2.05, 4.69) is 60.2 Å². The van der Waals surface area contributed by atoms with Crippen molar-refractivity contribution < 1.29 is 4.79 Å². The molecule has 0 unspecified atom stereocenters. The molecular weight excluding hydrogens is 448 g/mol. The molecule has 2 fully saturated rings. The molecule has 1 aromatic rings. The molecule has 4 heteroatoms. The molecule has 0 bridgehead atoms. The highest BCUT2D eigenvalue weighted by atomic mass is 32.1. The van der Waals surface area contributed by atoms with Gasteiger partial charge in [0.15, 0.2) is 0 Å². The number of rotatable bonds is 7. The Bertz CT molecular complexity index is 1030. The zero-order valence-corrected chi connectivity index (χ0v) is 21.7. The van der Waals surface area contributed by atoms with E-state index in [0.29, 0.717) is 11.7 Å². The van der Waals surface area contributed by atoms with Crippen molar-refractivity contribution in [2.24, 2.45) is 28.1 Å². The van der Waals surface area contributed by atoms with Crippen molar-refractivity contribution >= 4 is 24.3 Å². The Hall–Kier alpha value is -2.38. The van der Waals surface area contributed by atoms with Crippen molar-refractivity contribution in [3.8, 4) is 6.07 Å². The second-order valence-electron chi connectivity index (χ2n) is 10.7. The van der Waals surface area contributed by atoms with Crippen molar-refractivity contribution in [1.82, 2.24) is 0 Å². The van der Waals surface area contributed by atoms with E-state index in [-0.39, 0.29) is 11.8 Å². The number of carbonyl (C=O) groups is 1. The van der Waals surface area contributed by atoms with Crippen LogP contribution in [0.15, 0.2) is 64.6 Å². The highest BCUT2D eigenvalue weighted by Crippen LogP contribution is 2.40. The van der Waals surface area contributed by atoms with Crippen LogP contribution < -0.4 is 0 Å². The number of hydrogen-bond donors (Lipinski definition) is 1. The average Bonchev–Trinajstić information content (AvgIpc) is 3.10. The zero-order valence-electron chi connectivity index (χ0n) is 20.8. The fraction of sp³-hybridized carbons (Fsp3) is 0.516. The molecule has 0 amide bonds. The summed E-state index contributed by atoms with van der Waals surface area (Å²) in [6.07, 6.45) is 19.4. The lowest BCUT2D eigenvalue weighted by Gasteiger charge is -2.34. The van der Waals surface area contributed by atoms with Gasteiger partial charge in [-0.15, -0.1) is 0 Å². The summed E-state index contributed by atoms with van der Waals surface area (Å²) in [5.74, 6) is 2.28. The Morgan fingerprint density at radius 1 is 1.03 bits per heavy atom. The van der Waals surface area contributed by atoms with Crippen molar-refractivity contribution in [2.75, 3.05) is 0 Å². The molecule has 184 valence electrons. The number of thiol groups is 1. The second-order valence-corrected chi connectivity index (χ2v) is 10.9. The van der Waals surface area contributed by atoms with Gasteiger partial charge in [-0.2, -0.15) is 5.26 Å². The fourth-order valence-corrected chi connectivity index (χ4v) is 6.58. The summed E-state index contributed by atoms with van der Waals surface area (Å²) >= 11 is 4.22. The van der Waals surface area contributed by atoms with Crippen LogP contribution in [0.4, 0.5) is 0 Å². The fourth-order valence-electron chi connectivity index (χ4n) is 6.32. The third kappa shape index (κ3) is 6.64. The predicted molar refractivity (Wildman–Crippen MR) is 147 cm³/mol. The first-order valence-electron chi connectivity index (χ1n) is 13.4. The Morgan fingerprint density at radius 2 is 1.69 bits per heavy atom. The summed E-state index contributed by atoms with van der Waals surface area (Å²) in [4.78, 5) is 13.3. The van der Waals surface area contributed by atoms with E-state index in [1.807, 2.05) is 12.1 Å². The van der Waals surface area contributed by atoms with Crippen LogP contribution in [0, 0.1) is 35.0 Å². The molecule has 0 atom stereocenters. The van der Waals surface area contributed by atoms with E-state index in [1.54, 1.807) is 0 Å². The number of Topliss-reactive ketones (excluding diaryl/α,β-unsaturated/α-hetero) is 1. The van der Waals surface area contributed by atoms with Crippen LogP contribution in [0.3, 0.4) is 0 Å². The highest BCUT2D eigenvalue weighted by Gasteiger charge is 2.34. The van der Waals surface area contributed by atoms with Gasteiger partial charge < -0.3 is 0 Å². The van der Waals surface area contributed by atoms with Crippen LogP contribution >= 0.6 is 12.8 Å². The number of carbonyl (C=O) groups excluding carboxylic acids is 1. The van der Waals surface area contributed by atoms with Crippen LogP contribution in [0.2, 0.25) is 0 Å². The topological polar surface area (TPSA) is 53.2 Å². The Balaban J connectivity index is 1.19. The van der Waals surface area contributed by atoms with E-state index < -0.39 is 0 Å². The summed E-state index contributed by atoms with van der Waals surface area (Å²) in [7, 11) is 0. The number of nitrogens with zero attached hydrogens (tertiary/aromatic N) is 2. The van der Waals surface area contributed by atoms with Crippen molar-refractivity contribution in [3.05, 3.63) is 71.3 Å². The molecule has 35 heavy (non-hydrogen) atoms. The minimum absolute atomic E-state index is 0.241. The van der Waals surface area contributed by atoms with E-state index in [4.69, 9.17) is 5.26 Å². The molecule has 1 aromatic carbocycles. The lowest BCUT2D eigenvalue weighted by atomic mass is 9.70. The number of benzene rings is 1. The van der Waals surface area contributed by atoms with Gasteiger partial charge in [0.2, 0.25) is 0 Å². The van der Waals surface area contributed by atoms with Gasteiger partial charge in [-0.3, -0.25) is 4.79 Å². The SMILES string of the molecule is C=C1CC=CC=C(C2CCC(C(=O)C3CCC(CCCc4ccc(C#N)cc4)CC3)CC2)/C1=N/S. The Labute approximate surface area is 216 Å². The molecule has 0 saturated heterocycles. The summed E-state index contributed by atoms with van der Waals surface area (Å²) in [6.45, 7) is 4.19. The van der Waals surface area contributed by atoms with Crippen molar-refractivity contribution in [1.29, 1.82) is 5.26 Å². The summed E-state index contributed by atoms with van der Waals surface area (Å²) in [5.41, 5.74) is 5.28. The first-order chi connectivity index (χ1) is 17.1. The summed E-state index contributed by atoms with van der Waals surface area (Å²) < 4.78 is 4.25. The van der Waals surface area contributed by atoms with E-state index in [9.17, 15) is 4.79 Å². The summed E-state index contributed by atoms with van der Waals surface area (Å²) in [6, 6.07) is 10.2. The standard InChI is InChI=1S/C31H38N2OS/c1-22-5-2-3-8-29(30(22)33-35)26-17-19-28(20-18-26)31(34)27-15-13-24(14-16-27)7-4-6-23-9-11-25(21-32)12-10-23/h2-3,8-12,24,26-28,35H,1,4-7,13-20H2/b33-30+. The first kappa shape index (κ1) is 25.7. The molecule has 3 aliphatic rings. The van der Waals surface area contributed by atoms with Gasteiger partial charge in [0.05, 0.1) is 17.3 Å². The number of aryl methyl sites for hydroxylation is 1. The van der Waals surface area contributed by atoms with E-state index >= 15 is 0 Å². The molecule has 0 N–H and O–H groups in total. The lowest BCUT2D eigenvalue weighted by Crippen LogP contribution is -2.31. The second kappa shape index (κ2) is 12.5. The van der Waals surface area contributed by atoms with E-state index in [0.717, 1.165) is 74.1 Å². The third-order valence-corrected chi connectivity index (χ3v) is 8.66. The molecule has 3 aliphatic carbocycles. The monoisotopic (exact) mass is 486 g/mol. The minimum atomic E-state index is 0.241. The highest BCUT2D eigenvalue weighted by molar-refractivity contribution is 7.79. The average molecular weight is 487 g/mol. The molecule has 0 radical (unpaired) electrons. The quantitative estimate of drug-likeness (QED) is 0.400. The third-order valence-electron chi connectivity index (χ3n) is 8.46. The number of ketones is 1. The van der Waals surface area contributed by atoms with Crippen LogP contribution in [0.5, 0.6) is 0 Å². The largest absolute Gasteiger partial charge is 0.299 e.